The third-order valence-corrected chi connectivity index (χ3v) is 8.72. The van der Waals surface area contributed by atoms with E-state index in [9.17, 15) is 0 Å². The number of hydrogen-bond donors (Lipinski definition) is 0. The molecule has 1 aliphatic carbocycles. The molecule has 0 aliphatic heterocycles. The third-order valence-electron chi connectivity index (χ3n) is 8.72. The van der Waals surface area contributed by atoms with Crippen LogP contribution in [0.1, 0.15) is 22.3 Å². The molecule has 212 valence electrons. The highest BCUT2D eigenvalue weighted by molar-refractivity contribution is 6.02. The smallest absolute Gasteiger partial charge is 0.0131 e. The molecule has 0 heteroatoms. The highest BCUT2D eigenvalue weighted by Gasteiger charge is 2.31. The second-order valence-electron chi connectivity index (χ2n) is 11.2. The van der Waals surface area contributed by atoms with Crippen molar-refractivity contribution in [2.75, 3.05) is 0 Å². The predicted molar refractivity (Wildman–Crippen MR) is 193 cm³/mol. The Bertz CT molecular complexity index is 2100. The largest absolute Gasteiger partial charge is 0.102 e. The Morgan fingerprint density at radius 2 is 1.23 bits per heavy atom. The van der Waals surface area contributed by atoms with Crippen LogP contribution in [-0.2, 0) is 0 Å². The third kappa shape index (κ3) is 5.16. The summed E-state index contributed by atoms with van der Waals surface area (Å²) in [4.78, 5) is 0. The van der Waals surface area contributed by atoms with Gasteiger partial charge < -0.3 is 0 Å². The lowest BCUT2D eigenvalue weighted by Crippen LogP contribution is -2.39. The first-order chi connectivity index (χ1) is 21.6. The fourth-order valence-electron chi connectivity index (χ4n) is 6.57. The Kier molecular flexibility index (Phi) is 8.08. The van der Waals surface area contributed by atoms with E-state index < -0.39 is 0 Å². The van der Waals surface area contributed by atoms with Gasteiger partial charge in [0.25, 0.3) is 0 Å². The van der Waals surface area contributed by atoms with Crippen LogP contribution < -0.4 is 10.4 Å². The van der Waals surface area contributed by atoms with Crippen molar-refractivity contribution in [1.82, 2.24) is 0 Å². The van der Waals surface area contributed by atoms with Crippen molar-refractivity contribution in [3.05, 3.63) is 199 Å². The molecule has 0 fully saturated rings. The lowest BCUT2D eigenvalue weighted by atomic mass is 9.70. The van der Waals surface area contributed by atoms with Gasteiger partial charge in [-0.25, -0.2) is 0 Å². The van der Waals surface area contributed by atoms with E-state index in [0.29, 0.717) is 0 Å². The van der Waals surface area contributed by atoms with Crippen molar-refractivity contribution in [3.63, 3.8) is 0 Å². The fraction of sp³-hybridized carbons (Fsp3) is 0.0455. The van der Waals surface area contributed by atoms with E-state index in [1.807, 2.05) is 18.2 Å². The fourth-order valence-corrected chi connectivity index (χ4v) is 6.57. The number of benzene rings is 5. The maximum absolute atomic E-state index is 4.64. The van der Waals surface area contributed by atoms with Crippen molar-refractivity contribution in [3.8, 4) is 11.1 Å². The molecule has 0 bridgehead atoms. The van der Waals surface area contributed by atoms with Crippen molar-refractivity contribution in [2.24, 2.45) is 11.8 Å². The first kappa shape index (κ1) is 28.6. The molecule has 5 aromatic rings. The van der Waals surface area contributed by atoms with Crippen LogP contribution in [0.4, 0.5) is 0 Å². The minimum atomic E-state index is 0.0125. The predicted octanol–water partition coefficient (Wildman–Crippen LogP) is 10.0. The quantitative estimate of drug-likeness (QED) is 0.123. The Hall–Kier alpha value is -5.46. The Labute approximate surface area is 261 Å². The lowest BCUT2D eigenvalue weighted by Gasteiger charge is -2.33. The van der Waals surface area contributed by atoms with Crippen LogP contribution in [0.15, 0.2) is 166 Å². The van der Waals surface area contributed by atoms with Gasteiger partial charge in [-0.05, 0) is 83.4 Å². The molecular formula is C44H36. The van der Waals surface area contributed by atoms with Crippen LogP contribution in [0.3, 0.4) is 0 Å². The molecule has 0 heterocycles. The van der Waals surface area contributed by atoms with Crippen molar-refractivity contribution in [2.45, 2.75) is 0 Å². The van der Waals surface area contributed by atoms with Gasteiger partial charge in [-0.2, -0.15) is 0 Å². The molecular weight excluding hydrogens is 528 g/mol. The molecule has 44 heavy (non-hydrogen) atoms. The standard InChI is InChI=1S/C44H36/c1-6-10-15-31-20-22-33(23-21-31)35-26-24-34-25-27-36(29-37(34)28-35)44-39(9-4)38(8-3)43(41-18-13-14-19-42(41)44)30(5)40-17-12-11-16-32(40)7-2/h6-29,38-39H,1-5H2/b15-10-. The molecule has 0 N–H and O–H groups in total. The zero-order chi connectivity index (χ0) is 30.6. The van der Waals surface area contributed by atoms with Crippen LogP contribution in [-0.4, -0.2) is 0 Å². The van der Waals surface area contributed by atoms with E-state index in [2.05, 4.69) is 154 Å². The van der Waals surface area contributed by atoms with Crippen LogP contribution in [0.2, 0.25) is 0 Å². The Morgan fingerprint density at radius 3 is 1.93 bits per heavy atom. The lowest BCUT2D eigenvalue weighted by molar-refractivity contribution is 0.702. The Morgan fingerprint density at radius 1 is 0.591 bits per heavy atom. The van der Waals surface area contributed by atoms with Gasteiger partial charge in [0.05, 0.1) is 0 Å². The zero-order valence-electron chi connectivity index (χ0n) is 25.0. The van der Waals surface area contributed by atoms with Crippen molar-refractivity contribution < 1.29 is 0 Å². The molecule has 1 aliphatic rings. The summed E-state index contributed by atoms with van der Waals surface area (Å²) in [6, 6.07) is 39.2. The molecule has 0 amide bonds. The van der Waals surface area contributed by atoms with Crippen LogP contribution in [0.25, 0.3) is 50.8 Å². The van der Waals surface area contributed by atoms with Crippen LogP contribution in [0.5, 0.6) is 0 Å². The summed E-state index contributed by atoms with van der Waals surface area (Å²) in [5, 5.41) is 4.82. The zero-order valence-corrected chi connectivity index (χ0v) is 25.0. The first-order valence-corrected chi connectivity index (χ1v) is 15.0. The van der Waals surface area contributed by atoms with Gasteiger partial charge in [0.15, 0.2) is 0 Å². The highest BCUT2D eigenvalue weighted by Crippen LogP contribution is 2.41. The summed E-state index contributed by atoms with van der Waals surface area (Å²) in [7, 11) is 0. The van der Waals surface area contributed by atoms with Crippen molar-refractivity contribution >= 4 is 39.6 Å². The maximum Gasteiger partial charge on any atom is 0.0131 e. The average molecular weight is 565 g/mol. The topological polar surface area (TPSA) is 0 Å². The van der Waals surface area contributed by atoms with E-state index >= 15 is 0 Å². The van der Waals surface area contributed by atoms with E-state index in [0.717, 1.165) is 22.3 Å². The van der Waals surface area contributed by atoms with E-state index in [1.54, 1.807) is 6.08 Å². The van der Waals surface area contributed by atoms with Gasteiger partial charge in [0, 0.05) is 11.8 Å². The van der Waals surface area contributed by atoms with Crippen LogP contribution >= 0.6 is 0 Å². The van der Waals surface area contributed by atoms with Gasteiger partial charge in [-0.3, -0.25) is 0 Å². The molecule has 0 saturated carbocycles. The van der Waals surface area contributed by atoms with E-state index in [4.69, 9.17) is 0 Å². The molecule has 0 saturated heterocycles. The summed E-state index contributed by atoms with van der Waals surface area (Å²) in [5.74, 6) is 0.0419. The molecule has 6 rings (SSSR count). The average Bonchev–Trinajstić information content (AvgIpc) is 3.08. The first-order valence-electron chi connectivity index (χ1n) is 15.0. The molecule has 0 spiro atoms. The van der Waals surface area contributed by atoms with Crippen molar-refractivity contribution in [1.29, 1.82) is 0 Å². The molecule has 0 nitrogen and oxygen atoms in total. The van der Waals surface area contributed by atoms with Gasteiger partial charge >= 0.3 is 0 Å². The Balaban J connectivity index is 1.55. The van der Waals surface area contributed by atoms with Crippen LogP contribution in [0, 0.1) is 11.8 Å². The molecule has 2 unspecified atom stereocenters. The van der Waals surface area contributed by atoms with Gasteiger partial charge in [0.1, 0.15) is 0 Å². The van der Waals surface area contributed by atoms with E-state index in [-0.39, 0.29) is 11.8 Å². The minimum Gasteiger partial charge on any atom is -0.102 e. The van der Waals surface area contributed by atoms with Gasteiger partial charge in [0.2, 0.25) is 0 Å². The van der Waals surface area contributed by atoms with E-state index in [1.165, 1.54) is 49.0 Å². The maximum atomic E-state index is 4.64. The summed E-state index contributed by atoms with van der Waals surface area (Å²) in [5.41, 5.74) is 10.3. The SMILES string of the molecule is C=C/C=C\c1ccc(-c2ccc3ccc(C4=c5ccccc5=C(C(=C)c5ccccc5C=C)C(C=C)C4C=C)cc3c2)cc1. The number of allylic oxidation sites excluding steroid dienone is 5. The van der Waals surface area contributed by atoms with Gasteiger partial charge in [-0.15, -0.1) is 13.2 Å². The number of fused-ring (bicyclic) bond motifs is 2. The number of hydrogen-bond acceptors (Lipinski definition) is 0. The second kappa shape index (κ2) is 12.4. The summed E-state index contributed by atoms with van der Waals surface area (Å²) < 4.78 is 0. The highest BCUT2D eigenvalue weighted by atomic mass is 14.3. The monoisotopic (exact) mass is 564 g/mol. The molecule has 0 aromatic heterocycles. The molecule has 5 aromatic carbocycles. The van der Waals surface area contributed by atoms with Gasteiger partial charge in [-0.1, -0.05) is 153 Å². The minimum absolute atomic E-state index is 0.0125. The summed E-state index contributed by atoms with van der Waals surface area (Å²) in [6.45, 7) is 21.1. The molecule has 2 atom stereocenters. The number of rotatable bonds is 9. The summed E-state index contributed by atoms with van der Waals surface area (Å²) >= 11 is 0. The normalized spacial score (nSPS) is 16.0. The second-order valence-corrected chi connectivity index (χ2v) is 11.2. The molecule has 0 radical (unpaired) electrons. The summed E-state index contributed by atoms with van der Waals surface area (Å²) in [6.07, 6.45) is 11.9.